The van der Waals surface area contributed by atoms with Crippen LogP contribution in [0.2, 0.25) is 0 Å². The topological polar surface area (TPSA) is 46.2 Å². The molecule has 3 heteroatoms. The standard InChI is InChI=1S/C7H11NO2/c1-2-3-5-4-6(9)8-7(5)10/h5H,2-4H2,1H3,(H,8,9,10). The van der Waals surface area contributed by atoms with Crippen LogP contribution in [0.4, 0.5) is 0 Å². The van der Waals surface area contributed by atoms with Crippen molar-refractivity contribution in [2.24, 2.45) is 5.92 Å². The minimum Gasteiger partial charge on any atom is -0.296 e. The predicted octanol–water partition coefficient (Wildman–Crippen LogP) is 0.449. The molecule has 1 rings (SSSR count). The number of amides is 2. The first-order valence-electron chi connectivity index (χ1n) is 3.57. The second-order valence-corrected chi connectivity index (χ2v) is 2.60. The smallest absolute Gasteiger partial charge is 0.230 e. The lowest BCUT2D eigenvalue weighted by Gasteiger charge is -1.99. The van der Waals surface area contributed by atoms with Gasteiger partial charge in [-0.1, -0.05) is 13.3 Å². The molecular formula is C7H11NO2. The van der Waals surface area contributed by atoms with Gasteiger partial charge in [0, 0.05) is 12.3 Å². The van der Waals surface area contributed by atoms with Crippen LogP contribution >= 0.6 is 0 Å². The Kier molecular flexibility index (Phi) is 2.04. The maximum atomic E-state index is 10.8. The summed E-state index contributed by atoms with van der Waals surface area (Å²) in [6.45, 7) is 2.01. The first kappa shape index (κ1) is 7.25. The van der Waals surface area contributed by atoms with Crippen LogP contribution in [0.1, 0.15) is 26.2 Å². The second-order valence-electron chi connectivity index (χ2n) is 2.60. The Morgan fingerprint density at radius 3 is 2.70 bits per heavy atom. The number of imide groups is 1. The molecule has 0 radical (unpaired) electrons. The van der Waals surface area contributed by atoms with E-state index in [0.717, 1.165) is 12.8 Å². The van der Waals surface area contributed by atoms with E-state index in [4.69, 9.17) is 0 Å². The summed E-state index contributed by atoms with van der Waals surface area (Å²) in [7, 11) is 0. The van der Waals surface area contributed by atoms with Crippen molar-refractivity contribution in [2.75, 3.05) is 0 Å². The van der Waals surface area contributed by atoms with Crippen LogP contribution in [0.5, 0.6) is 0 Å². The van der Waals surface area contributed by atoms with E-state index >= 15 is 0 Å². The highest BCUT2D eigenvalue weighted by atomic mass is 16.2. The Morgan fingerprint density at radius 1 is 1.60 bits per heavy atom. The van der Waals surface area contributed by atoms with Crippen molar-refractivity contribution in [1.82, 2.24) is 5.32 Å². The van der Waals surface area contributed by atoms with E-state index in [1.165, 1.54) is 0 Å². The first-order valence-corrected chi connectivity index (χ1v) is 3.57. The lowest BCUT2D eigenvalue weighted by atomic mass is 10.0. The SMILES string of the molecule is CCCC1CC(=O)NC1=O. The Balaban J connectivity index is 2.46. The number of hydrogen-bond acceptors (Lipinski definition) is 2. The fourth-order valence-corrected chi connectivity index (χ4v) is 1.19. The van der Waals surface area contributed by atoms with Gasteiger partial charge in [0.1, 0.15) is 0 Å². The minimum atomic E-state index is -0.122. The maximum Gasteiger partial charge on any atom is 0.230 e. The van der Waals surface area contributed by atoms with Gasteiger partial charge in [-0.25, -0.2) is 0 Å². The van der Waals surface area contributed by atoms with E-state index in [1.807, 2.05) is 6.92 Å². The zero-order valence-corrected chi connectivity index (χ0v) is 6.02. The summed E-state index contributed by atoms with van der Waals surface area (Å²) in [5, 5.41) is 2.27. The Labute approximate surface area is 59.8 Å². The Hall–Kier alpha value is -0.860. The molecule has 3 nitrogen and oxygen atoms in total. The average molecular weight is 141 g/mol. The van der Waals surface area contributed by atoms with Crippen molar-refractivity contribution in [3.8, 4) is 0 Å². The predicted molar refractivity (Wildman–Crippen MR) is 36.2 cm³/mol. The molecule has 1 heterocycles. The number of carbonyl (C=O) groups excluding carboxylic acids is 2. The van der Waals surface area contributed by atoms with Crippen molar-refractivity contribution in [3.63, 3.8) is 0 Å². The molecule has 2 amide bonds. The molecule has 0 aromatic heterocycles. The van der Waals surface area contributed by atoms with Crippen molar-refractivity contribution < 1.29 is 9.59 Å². The van der Waals surface area contributed by atoms with Crippen LogP contribution in [0.3, 0.4) is 0 Å². The number of hydrogen-bond donors (Lipinski definition) is 1. The lowest BCUT2D eigenvalue weighted by molar-refractivity contribution is -0.125. The van der Waals surface area contributed by atoms with E-state index < -0.39 is 0 Å². The van der Waals surface area contributed by atoms with E-state index in [1.54, 1.807) is 0 Å². The molecule has 1 aliphatic rings. The van der Waals surface area contributed by atoms with Crippen molar-refractivity contribution >= 4 is 11.8 Å². The highest BCUT2D eigenvalue weighted by Gasteiger charge is 2.28. The van der Waals surface area contributed by atoms with Crippen LogP contribution < -0.4 is 5.32 Å². The summed E-state index contributed by atoms with van der Waals surface area (Å²) in [5.41, 5.74) is 0. The molecule has 0 aliphatic carbocycles. The van der Waals surface area contributed by atoms with Gasteiger partial charge in [0.2, 0.25) is 11.8 Å². The largest absolute Gasteiger partial charge is 0.296 e. The van der Waals surface area contributed by atoms with E-state index in [9.17, 15) is 9.59 Å². The molecule has 1 atom stereocenters. The maximum absolute atomic E-state index is 10.8. The first-order chi connectivity index (χ1) is 4.74. The van der Waals surface area contributed by atoms with Crippen molar-refractivity contribution in [2.45, 2.75) is 26.2 Å². The molecular weight excluding hydrogens is 130 g/mol. The molecule has 0 aromatic carbocycles. The van der Waals surface area contributed by atoms with E-state index in [2.05, 4.69) is 5.32 Å². The van der Waals surface area contributed by atoms with Crippen molar-refractivity contribution in [3.05, 3.63) is 0 Å². The van der Waals surface area contributed by atoms with Crippen molar-refractivity contribution in [1.29, 1.82) is 0 Å². The number of rotatable bonds is 2. The molecule has 10 heavy (non-hydrogen) atoms. The van der Waals surface area contributed by atoms with Gasteiger partial charge >= 0.3 is 0 Å². The van der Waals surface area contributed by atoms with Crippen LogP contribution in [-0.4, -0.2) is 11.8 Å². The number of nitrogens with one attached hydrogen (secondary N) is 1. The molecule has 56 valence electrons. The van der Waals surface area contributed by atoms with Gasteiger partial charge in [-0.2, -0.15) is 0 Å². The molecule has 1 saturated heterocycles. The summed E-state index contributed by atoms with van der Waals surface area (Å²) in [6.07, 6.45) is 2.19. The summed E-state index contributed by atoms with van der Waals surface area (Å²) in [5.74, 6) is -0.257. The summed E-state index contributed by atoms with van der Waals surface area (Å²) >= 11 is 0. The Morgan fingerprint density at radius 2 is 2.30 bits per heavy atom. The third-order valence-corrected chi connectivity index (χ3v) is 1.70. The normalized spacial score (nSPS) is 25.1. The Bertz CT molecular complexity index is 165. The van der Waals surface area contributed by atoms with E-state index in [-0.39, 0.29) is 17.7 Å². The zero-order chi connectivity index (χ0) is 7.56. The van der Waals surface area contributed by atoms with Gasteiger partial charge in [0.25, 0.3) is 0 Å². The minimum absolute atomic E-state index is 0.0440. The third-order valence-electron chi connectivity index (χ3n) is 1.70. The number of carbonyl (C=O) groups is 2. The third kappa shape index (κ3) is 1.35. The molecule has 0 aromatic rings. The van der Waals surface area contributed by atoms with Gasteiger partial charge in [0.05, 0.1) is 0 Å². The second kappa shape index (κ2) is 2.82. The molecule has 1 N–H and O–H groups in total. The summed E-state index contributed by atoms with van der Waals surface area (Å²) in [6, 6.07) is 0. The van der Waals surface area contributed by atoms with Crippen LogP contribution in [0.25, 0.3) is 0 Å². The summed E-state index contributed by atoms with van der Waals surface area (Å²) < 4.78 is 0. The summed E-state index contributed by atoms with van der Waals surface area (Å²) in [4.78, 5) is 21.4. The molecule has 1 aliphatic heterocycles. The van der Waals surface area contributed by atoms with Gasteiger partial charge < -0.3 is 0 Å². The highest BCUT2D eigenvalue weighted by Crippen LogP contribution is 2.15. The molecule has 1 fully saturated rings. The molecule has 0 bridgehead atoms. The van der Waals surface area contributed by atoms with Gasteiger partial charge in [-0.05, 0) is 6.42 Å². The zero-order valence-electron chi connectivity index (χ0n) is 6.02. The quantitative estimate of drug-likeness (QED) is 0.567. The van der Waals surface area contributed by atoms with E-state index in [0.29, 0.717) is 6.42 Å². The van der Waals surface area contributed by atoms with Gasteiger partial charge in [-0.3, -0.25) is 14.9 Å². The molecule has 1 unspecified atom stereocenters. The average Bonchev–Trinajstić information content (AvgIpc) is 2.13. The fourth-order valence-electron chi connectivity index (χ4n) is 1.19. The lowest BCUT2D eigenvalue weighted by Crippen LogP contribution is -2.21. The fraction of sp³-hybridized carbons (Fsp3) is 0.714. The molecule has 0 saturated carbocycles. The monoisotopic (exact) mass is 141 g/mol. The molecule has 0 spiro atoms. The van der Waals surface area contributed by atoms with Crippen LogP contribution in [0, 0.1) is 5.92 Å². The van der Waals surface area contributed by atoms with Crippen LogP contribution in [-0.2, 0) is 9.59 Å². The van der Waals surface area contributed by atoms with Gasteiger partial charge in [-0.15, -0.1) is 0 Å². The van der Waals surface area contributed by atoms with Crippen LogP contribution in [0.15, 0.2) is 0 Å². The highest BCUT2D eigenvalue weighted by molar-refractivity contribution is 6.03. The van der Waals surface area contributed by atoms with Gasteiger partial charge in [0.15, 0.2) is 0 Å².